The van der Waals surface area contributed by atoms with E-state index in [2.05, 4.69) is 63.3 Å². The van der Waals surface area contributed by atoms with Crippen molar-refractivity contribution in [3.8, 4) is 0 Å². The van der Waals surface area contributed by atoms with Gasteiger partial charge in [0.25, 0.3) is 0 Å². The van der Waals surface area contributed by atoms with Crippen LogP contribution >= 0.6 is 0 Å². The van der Waals surface area contributed by atoms with Gasteiger partial charge in [-0.15, -0.1) is 0 Å². The van der Waals surface area contributed by atoms with Crippen molar-refractivity contribution in [2.75, 3.05) is 13.2 Å². The molecule has 0 aliphatic heterocycles. The summed E-state index contributed by atoms with van der Waals surface area (Å²) in [6.07, 6.45) is 89.0. The molecule has 6 heteroatoms. The molecule has 0 rings (SSSR count). The minimum atomic E-state index is -0.800. The van der Waals surface area contributed by atoms with Crippen molar-refractivity contribution in [2.45, 2.75) is 399 Å². The lowest BCUT2D eigenvalue weighted by Gasteiger charge is -2.18. The summed E-state index contributed by atoms with van der Waals surface area (Å²) in [6, 6.07) is 0. The molecule has 6 nitrogen and oxygen atoms in total. The Kier molecular flexibility index (Phi) is 67.6. The maximum absolute atomic E-state index is 12.9. The number of unbranched alkanes of at least 4 members (excludes halogenated alkanes) is 48. The van der Waals surface area contributed by atoms with Gasteiger partial charge in [-0.3, -0.25) is 14.4 Å². The van der Waals surface area contributed by atoms with Crippen LogP contribution in [-0.2, 0) is 28.6 Å². The van der Waals surface area contributed by atoms with Gasteiger partial charge in [0.05, 0.1) is 0 Å². The average molecular weight is 1140 g/mol. The maximum atomic E-state index is 12.9. The Morgan fingerprint density at radius 3 is 0.753 bits per heavy atom. The second-order valence-corrected chi connectivity index (χ2v) is 24.5. The highest BCUT2D eigenvalue weighted by atomic mass is 16.6. The summed E-state index contributed by atoms with van der Waals surface area (Å²) in [7, 11) is 0. The molecule has 1 unspecified atom stereocenters. The summed E-state index contributed by atoms with van der Waals surface area (Å²) in [6.45, 7) is 6.54. The van der Waals surface area contributed by atoms with E-state index in [1.807, 2.05) is 6.08 Å². The Labute approximate surface area is 505 Å². The van der Waals surface area contributed by atoms with Crippen LogP contribution in [0.5, 0.6) is 0 Å². The van der Waals surface area contributed by atoms with Crippen LogP contribution in [0.2, 0.25) is 0 Å². The molecule has 0 saturated carbocycles. The molecular formula is C75H138O6. The largest absolute Gasteiger partial charge is 0.462 e. The highest BCUT2D eigenvalue weighted by molar-refractivity contribution is 5.71. The molecule has 0 saturated heterocycles. The van der Waals surface area contributed by atoms with Gasteiger partial charge in [-0.05, 0) is 44.9 Å². The molecule has 0 aliphatic rings. The predicted octanol–water partition coefficient (Wildman–Crippen LogP) is 24.9. The highest BCUT2D eigenvalue weighted by Gasteiger charge is 2.19. The van der Waals surface area contributed by atoms with Crippen LogP contribution in [0.4, 0.5) is 0 Å². The summed E-state index contributed by atoms with van der Waals surface area (Å²) in [5, 5.41) is 0. The molecule has 0 amide bonds. The molecule has 81 heavy (non-hydrogen) atoms. The summed E-state index contributed by atoms with van der Waals surface area (Å²) in [5.41, 5.74) is 0. The van der Waals surface area contributed by atoms with Crippen LogP contribution < -0.4 is 0 Å². The van der Waals surface area contributed by atoms with Crippen molar-refractivity contribution in [2.24, 2.45) is 0 Å². The minimum Gasteiger partial charge on any atom is -0.462 e. The zero-order valence-electron chi connectivity index (χ0n) is 54.6. The van der Waals surface area contributed by atoms with E-state index < -0.39 is 6.10 Å². The van der Waals surface area contributed by atoms with Crippen LogP contribution in [-0.4, -0.2) is 37.2 Å². The number of allylic oxidation sites excluding steroid dienone is 8. The third kappa shape index (κ3) is 68.0. The molecule has 0 spiro atoms. The fraction of sp³-hybridized carbons (Fsp3) is 0.853. The van der Waals surface area contributed by atoms with E-state index >= 15 is 0 Å². The standard InChI is InChI=1S/C75H138O6/c1-4-7-10-13-16-19-22-25-27-29-31-33-35-36-37-38-40-41-43-45-47-50-53-56-59-62-65-68-74(77)80-71-72(70-79-73(76)67-64-61-58-55-52-49-24-21-18-15-12-9-6-3)81-75(78)69-66-63-60-57-54-51-48-46-44-42-39-34-32-30-28-26-23-20-17-14-11-8-5-2/h9,12,18,21,49,52,58,61,72H,4-8,10-11,13-17,19-20,22-48,50-51,53-57,59-60,62-71H2,1-3H3/b12-9-,21-18-,52-49-,61-58-. The third-order valence-electron chi connectivity index (χ3n) is 16.4. The van der Waals surface area contributed by atoms with Crippen molar-refractivity contribution >= 4 is 17.9 Å². The van der Waals surface area contributed by atoms with Crippen molar-refractivity contribution in [3.05, 3.63) is 48.6 Å². The smallest absolute Gasteiger partial charge is 0.306 e. The Morgan fingerprint density at radius 1 is 0.259 bits per heavy atom. The fourth-order valence-corrected chi connectivity index (χ4v) is 11.0. The number of carbonyl (C=O) groups is 3. The van der Waals surface area contributed by atoms with Crippen LogP contribution in [0, 0.1) is 0 Å². The van der Waals surface area contributed by atoms with Crippen LogP contribution in [0.3, 0.4) is 0 Å². The molecule has 0 heterocycles. The number of rotatable bonds is 67. The van der Waals surface area contributed by atoms with Crippen LogP contribution in [0.1, 0.15) is 393 Å². The van der Waals surface area contributed by atoms with Gasteiger partial charge in [-0.2, -0.15) is 0 Å². The minimum absolute atomic E-state index is 0.0897. The Hall–Kier alpha value is -2.63. The molecule has 0 radical (unpaired) electrons. The highest BCUT2D eigenvalue weighted by Crippen LogP contribution is 2.19. The first-order valence-corrected chi connectivity index (χ1v) is 36.1. The molecule has 1 atom stereocenters. The van der Waals surface area contributed by atoms with Gasteiger partial charge < -0.3 is 14.2 Å². The zero-order chi connectivity index (χ0) is 58.5. The van der Waals surface area contributed by atoms with Gasteiger partial charge in [0.15, 0.2) is 6.10 Å². The number of carbonyl (C=O) groups excluding carboxylic acids is 3. The van der Waals surface area contributed by atoms with Gasteiger partial charge in [-0.1, -0.05) is 378 Å². The first-order valence-electron chi connectivity index (χ1n) is 36.1. The monoisotopic (exact) mass is 1140 g/mol. The van der Waals surface area contributed by atoms with Gasteiger partial charge in [0, 0.05) is 19.3 Å². The number of hydrogen-bond acceptors (Lipinski definition) is 6. The molecule has 0 N–H and O–H groups in total. The summed E-state index contributed by atoms with van der Waals surface area (Å²) in [4.78, 5) is 38.4. The van der Waals surface area contributed by atoms with Gasteiger partial charge >= 0.3 is 17.9 Å². The van der Waals surface area contributed by atoms with Crippen molar-refractivity contribution in [1.82, 2.24) is 0 Å². The molecular weight excluding hydrogens is 997 g/mol. The lowest BCUT2D eigenvalue weighted by atomic mass is 10.0. The van der Waals surface area contributed by atoms with Crippen molar-refractivity contribution in [1.29, 1.82) is 0 Å². The summed E-state index contributed by atoms with van der Waals surface area (Å²) < 4.78 is 16.9. The second kappa shape index (κ2) is 69.9. The Balaban J connectivity index is 4.22. The maximum Gasteiger partial charge on any atom is 0.306 e. The first kappa shape index (κ1) is 78.4. The molecule has 0 aromatic heterocycles. The van der Waals surface area contributed by atoms with Crippen molar-refractivity contribution < 1.29 is 28.6 Å². The fourth-order valence-electron chi connectivity index (χ4n) is 11.0. The average Bonchev–Trinajstić information content (AvgIpc) is 3.46. The zero-order valence-corrected chi connectivity index (χ0v) is 54.6. The Bertz CT molecular complexity index is 1400. The topological polar surface area (TPSA) is 78.9 Å². The lowest BCUT2D eigenvalue weighted by molar-refractivity contribution is -0.166. The van der Waals surface area contributed by atoms with Crippen LogP contribution in [0.25, 0.3) is 0 Å². The predicted molar refractivity (Wildman–Crippen MR) is 353 cm³/mol. The summed E-state index contributed by atoms with van der Waals surface area (Å²) in [5.74, 6) is -0.947. The molecule has 0 fully saturated rings. The van der Waals surface area contributed by atoms with E-state index in [1.54, 1.807) is 0 Å². The Morgan fingerprint density at radius 2 is 0.481 bits per heavy atom. The van der Waals surface area contributed by atoms with Crippen molar-refractivity contribution in [3.63, 3.8) is 0 Å². The van der Waals surface area contributed by atoms with E-state index in [0.717, 1.165) is 64.2 Å². The van der Waals surface area contributed by atoms with E-state index in [4.69, 9.17) is 14.2 Å². The third-order valence-corrected chi connectivity index (χ3v) is 16.4. The second-order valence-electron chi connectivity index (χ2n) is 24.5. The van der Waals surface area contributed by atoms with Gasteiger partial charge in [-0.25, -0.2) is 0 Å². The quantitative estimate of drug-likeness (QED) is 0.0261. The molecule has 0 aromatic carbocycles. The van der Waals surface area contributed by atoms with E-state index in [1.165, 1.54) is 283 Å². The lowest BCUT2D eigenvalue weighted by Crippen LogP contribution is -2.30. The molecule has 0 aliphatic carbocycles. The summed E-state index contributed by atoms with van der Waals surface area (Å²) >= 11 is 0. The first-order chi connectivity index (χ1) is 40.0. The molecule has 0 aromatic rings. The van der Waals surface area contributed by atoms with Crippen LogP contribution in [0.15, 0.2) is 48.6 Å². The normalized spacial score (nSPS) is 12.3. The number of esters is 3. The SMILES string of the molecule is CC/C=C\C/C=C\C/C=C\C/C=C\CCC(=O)OCC(COC(=O)CCCCCCCCCCCCCCCCCCCCCCCCCCCCC)OC(=O)CCCCCCCCCCCCCCCCCCCCCCCCC. The number of hydrogen-bond donors (Lipinski definition) is 0. The molecule has 474 valence electrons. The van der Waals surface area contributed by atoms with E-state index in [-0.39, 0.29) is 37.5 Å². The van der Waals surface area contributed by atoms with E-state index in [9.17, 15) is 14.4 Å². The van der Waals surface area contributed by atoms with Gasteiger partial charge in [0.2, 0.25) is 0 Å². The molecule has 0 bridgehead atoms. The van der Waals surface area contributed by atoms with E-state index in [0.29, 0.717) is 19.3 Å². The van der Waals surface area contributed by atoms with Gasteiger partial charge in [0.1, 0.15) is 13.2 Å². The number of ether oxygens (including phenoxy) is 3.